The van der Waals surface area contributed by atoms with Gasteiger partial charge in [-0.25, -0.2) is 4.98 Å². The van der Waals surface area contributed by atoms with Crippen molar-refractivity contribution in [2.75, 3.05) is 32.0 Å². The molecular formula is C14H19N3O. The van der Waals surface area contributed by atoms with E-state index in [0.717, 1.165) is 32.0 Å². The van der Waals surface area contributed by atoms with E-state index in [1.165, 1.54) is 0 Å². The van der Waals surface area contributed by atoms with Crippen LogP contribution < -0.4 is 5.73 Å². The summed E-state index contributed by atoms with van der Waals surface area (Å²) in [6.45, 7) is 7.68. The lowest BCUT2D eigenvalue weighted by Gasteiger charge is -2.37. The number of nitrogens with two attached hydrogens (primary N) is 1. The normalized spacial score (nSPS) is 17.0. The van der Waals surface area contributed by atoms with Crippen molar-refractivity contribution in [2.24, 2.45) is 0 Å². The van der Waals surface area contributed by atoms with E-state index in [4.69, 9.17) is 10.5 Å². The summed E-state index contributed by atoms with van der Waals surface area (Å²) in [5.74, 6) is 6.39. The van der Waals surface area contributed by atoms with Crippen molar-refractivity contribution in [1.29, 1.82) is 0 Å². The molecule has 0 saturated carbocycles. The standard InChI is InChI=1S/C14H19N3O/c1-14(2,17-7-9-18-10-8-17)6-5-13-4-3-12(15)11-16-13/h3-4,11H,7-10,15H2,1-2H3. The van der Waals surface area contributed by atoms with Gasteiger partial charge >= 0.3 is 0 Å². The van der Waals surface area contributed by atoms with Gasteiger partial charge in [-0.15, -0.1) is 0 Å². The second-order valence-electron chi connectivity index (χ2n) is 4.89. The molecule has 18 heavy (non-hydrogen) atoms. The molecule has 1 aliphatic heterocycles. The van der Waals surface area contributed by atoms with E-state index >= 15 is 0 Å². The fourth-order valence-corrected chi connectivity index (χ4v) is 1.90. The molecule has 1 aliphatic rings. The summed E-state index contributed by atoms with van der Waals surface area (Å²) in [6.07, 6.45) is 1.63. The minimum absolute atomic E-state index is 0.160. The van der Waals surface area contributed by atoms with Crippen LogP contribution in [0.15, 0.2) is 18.3 Å². The van der Waals surface area contributed by atoms with Crippen molar-refractivity contribution in [1.82, 2.24) is 9.88 Å². The van der Waals surface area contributed by atoms with Crippen LogP contribution in [-0.4, -0.2) is 41.7 Å². The number of morpholine rings is 1. The second-order valence-corrected chi connectivity index (χ2v) is 4.89. The highest BCUT2D eigenvalue weighted by Crippen LogP contribution is 2.15. The highest BCUT2D eigenvalue weighted by Gasteiger charge is 2.25. The van der Waals surface area contributed by atoms with Gasteiger partial charge in [-0.1, -0.05) is 5.92 Å². The highest BCUT2D eigenvalue weighted by atomic mass is 16.5. The van der Waals surface area contributed by atoms with Gasteiger partial charge in [-0.3, -0.25) is 4.90 Å². The maximum atomic E-state index is 5.59. The van der Waals surface area contributed by atoms with Crippen LogP contribution in [0.25, 0.3) is 0 Å². The Hall–Kier alpha value is -1.57. The van der Waals surface area contributed by atoms with Gasteiger partial charge in [-0.2, -0.15) is 0 Å². The first kappa shape index (κ1) is 12.9. The lowest BCUT2D eigenvalue weighted by atomic mass is 10.0. The summed E-state index contributed by atoms with van der Waals surface area (Å²) >= 11 is 0. The van der Waals surface area contributed by atoms with Crippen LogP contribution in [0.3, 0.4) is 0 Å². The van der Waals surface area contributed by atoms with Crippen molar-refractivity contribution in [3.63, 3.8) is 0 Å². The minimum atomic E-state index is -0.160. The molecule has 0 amide bonds. The molecule has 1 fully saturated rings. The van der Waals surface area contributed by atoms with E-state index in [2.05, 4.69) is 35.6 Å². The molecule has 0 aliphatic carbocycles. The summed E-state index contributed by atoms with van der Waals surface area (Å²) in [7, 11) is 0. The predicted molar refractivity (Wildman–Crippen MR) is 72.0 cm³/mol. The van der Waals surface area contributed by atoms with Crippen LogP contribution in [0.5, 0.6) is 0 Å². The number of ether oxygens (including phenoxy) is 1. The monoisotopic (exact) mass is 245 g/mol. The van der Waals surface area contributed by atoms with Gasteiger partial charge in [0.15, 0.2) is 0 Å². The Kier molecular flexibility index (Phi) is 3.85. The lowest BCUT2D eigenvalue weighted by Crippen LogP contribution is -2.49. The molecule has 2 rings (SSSR count). The zero-order valence-corrected chi connectivity index (χ0v) is 10.9. The van der Waals surface area contributed by atoms with E-state index in [1.807, 2.05) is 12.1 Å². The molecule has 0 spiro atoms. The van der Waals surface area contributed by atoms with Gasteiger partial charge in [0.1, 0.15) is 5.69 Å². The lowest BCUT2D eigenvalue weighted by molar-refractivity contribution is 0.00739. The molecular weight excluding hydrogens is 226 g/mol. The summed E-state index contributed by atoms with van der Waals surface area (Å²) in [6, 6.07) is 3.66. The molecule has 0 atom stereocenters. The van der Waals surface area contributed by atoms with Crippen molar-refractivity contribution in [2.45, 2.75) is 19.4 Å². The summed E-state index contributed by atoms with van der Waals surface area (Å²) in [5.41, 5.74) is 6.85. The summed E-state index contributed by atoms with van der Waals surface area (Å²) < 4.78 is 5.35. The van der Waals surface area contributed by atoms with E-state index in [0.29, 0.717) is 5.69 Å². The number of hydrogen-bond acceptors (Lipinski definition) is 4. The van der Waals surface area contributed by atoms with Crippen LogP contribution >= 0.6 is 0 Å². The Labute approximate surface area is 108 Å². The third-order valence-electron chi connectivity index (χ3n) is 3.08. The zero-order chi connectivity index (χ0) is 13.0. The van der Waals surface area contributed by atoms with Crippen LogP contribution in [0.1, 0.15) is 19.5 Å². The minimum Gasteiger partial charge on any atom is -0.397 e. The molecule has 0 radical (unpaired) electrons. The largest absolute Gasteiger partial charge is 0.397 e. The Morgan fingerprint density at radius 2 is 2.06 bits per heavy atom. The zero-order valence-electron chi connectivity index (χ0n) is 10.9. The number of nitrogens with zero attached hydrogens (tertiary/aromatic N) is 2. The number of rotatable bonds is 1. The molecule has 1 aromatic rings. The maximum Gasteiger partial charge on any atom is 0.113 e. The topological polar surface area (TPSA) is 51.4 Å². The van der Waals surface area contributed by atoms with E-state index < -0.39 is 0 Å². The van der Waals surface area contributed by atoms with Crippen LogP contribution in [0.4, 0.5) is 5.69 Å². The second kappa shape index (κ2) is 5.38. The molecule has 1 saturated heterocycles. The number of aromatic nitrogens is 1. The molecule has 4 heteroatoms. The highest BCUT2D eigenvalue weighted by molar-refractivity contribution is 5.39. The Balaban J connectivity index is 2.09. The van der Waals surface area contributed by atoms with Crippen molar-refractivity contribution >= 4 is 5.69 Å². The third-order valence-corrected chi connectivity index (χ3v) is 3.08. The molecule has 2 heterocycles. The Morgan fingerprint density at radius 1 is 1.33 bits per heavy atom. The van der Waals surface area contributed by atoms with Gasteiger partial charge in [0.05, 0.1) is 30.6 Å². The first-order valence-corrected chi connectivity index (χ1v) is 6.15. The number of nitrogen functional groups attached to an aromatic ring is 1. The van der Waals surface area contributed by atoms with Crippen molar-refractivity contribution < 1.29 is 4.74 Å². The smallest absolute Gasteiger partial charge is 0.113 e. The van der Waals surface area contributed by atoms with E-state index in [1.54, 1.807) is 6.20 Å². The van der Waals surface area contributed by atoms with Crippen molar-refractivity contribution in [3.8, 4) is 11.8 Å². The molecule has 0 bridgehead atoms. The average Bonchev–Trinajstić information content (AvgIpc) is 2.39. The van der Waals surface area contributed by atoms with Crippen LogP contribution in [0, 0.1) is 11.8 Å². The third kappa shape index (κ3) is 3.22. The fourth-order valence-electron chi connectivity index (χ4n) is 1.90. The SMILES string of the molecule is CC(C)(C#Cc1ccc(N)cn1)N1CCOCC1. The molecule has 0 unspecified atom stereocenters. The molecule has 2 N–H and O–H groups in total. The predicted octanol–water partition coefficient (Wildman–Crippen LogP) is 1.13. The first-order chi connectivity index (χ1) is 8.58. The molecule has 1 aromatic heterocycles. The summed E-state index contributed by atoms with van der Waals surface area (Å²) in [5, 5.41) is 0. The first-order valence-electron chi connectivity index (χ1n) is 6.15. The Morgan fingerprint density at radius 3 is 2.67 bits per heavy atom. The molecule has 96 valence electrons. The van der Waals surface area contributed by atoms with Gasteiger partial charge in [0.2, 0.25) is 0 Å². The van der Waals surface area contributed by atoms with Gasteiger partial charge in [0.25, 0.3) is 0 Å². The fraction of sp³-hybridized carbons (Fsp3) is 0.500. The molecule has 0 aromatic carbocycles. The van der Waals surface area contributed by atoms with Gasteiger partial charge in [-0.05, 0) is 31.9 Å². The van der Waals surface area contributed by atoms with Crippen molar-refractivity contribution in [3.05, 3.63) is 24.0 Å². The quantitative estimate of drug-likeness (QED) is 0.753. The number of anilines is 1. The van der Waals surface area contributed by atoms with Crippen LogP contribution in [-0.2, 0) is 4.74 Å². The molecule has 4 nitrogen and oxygen atoms in total. The summed E-state index contributed by atoms with van der Waals surface area (Å²) in [4.78, 5) is 6.52. The van der Waals surface area contributed by atoms with Gasteiger partial charge < -0.3 is 10.5 Å². The van der Waals surface area contributed by atoms with E-state index in [9.17, 15) is 0 Å². The maximum absolute atomic E-state index is 5.59. The average molecular weight is 245 g/mol. The van der Waals surface area contributed by atoms with E-state index in [-0.39, 0.29) is 5.54 Å². The van der Waals surface area contributed by atoms with Gasteiger partial charge in [0, 0.05) is 13.1 Å². The number of pyridine rings is 1. The number of hydrogen-bond donors (Lipinski definition) is 1. The Bertz CT molecular complexity index is 450. The van der Waals surface area contributed by atoms with Crippen LogP contribution in [0.2, 0.25) is 0 Å².